The fraction of sp³-hybridized carbons (Fsp3) is 0.190. The second-order valence-corrected chi connectivity index (χ2v) is 6.64. The average Bonchev–Trinajstić information content (AvgIpc) is 3.00. The van der Waals surface area contributed by atoms with E-state index in [1.807, 2.05) is 61.5 Å². The largest absolute Gasteiger partial charge is 0.348 e. The van der Waals surface area contributed by atoms with Crippen LogP contribution in [0.15, 0.2) is 65.6 Å². The summed E-state index contributed by atoms with van der Waals surface area (Å²) in [6, 6.07) is 17.4. The molecule has 1 atom stereocenters. The van der Waals surface area contributed by atoms with Gasteiger partial charge in [-0.25, -0.2) is 4.68 Å². The maximum atomic E-state index is 12.7. The van der Waals surface area contributed by atoms with Crippen molar-refractivity contribution in [2.24, 2.45) is 7.05 Å². The summed E-state index contributed by atoms with van der Waals surface area (Å²) in [4.78, 5) is 25.4. The third-order valence-electron chi connectivity index (χ3n) is 4.85. The fourth-order valence-electron chi connectivity index (χ4n) is 3.46. The van der Waals surface area contributed by atoms with Gasteiger partial charge < -0.3 is 9.88 Å². The van der Waals surface area contributed by atoms with Crippen molar-refractivity contribution in [3.8, 4) is 0 Å². The van der Waals surface area contributed by atoms with Gasteiger partial charge in [0.15, 0.2) is 0 Å². The molecule has 0 radical (unpaired) electrons. The van der Waals surface area contributed by atoms with Gasteiger partial charge >= 0.3 is 0 Å². The fourth-order valence-corrected chi connectivity index (χ4v) is 3.46. The van der Waals surface area contributed by atoms with Gasteiger partial charge in [0.05, 0.1) is 12.2 Å². The van der Waals surface area contributed by atoms with E-state index in [1.165, 1.54) is 4.68 Å². The quantitative estimate of drug-likeness (QED) is 0.608. The zero-order valence-corrected chi connectivity index (χ0v) is 15.2. The molecule has 0 saturated carbocycles. The first-order chi connectivity index (χ1) is 13.1. The lowest BCUT2D eigenvalue weighted by Gasteiger charge is -2.15. The molecule has 2 aromatic heterocycles. The number of amides is 1. The van der Waals surface area contributed by atoms with Crippen LogP contribution in [0.2, 0.25) is 0 Å². The zero-order valence-electron chi connectivity index (χ0n) is 15.2. The number of benzene rings is 2. The lowest BCUT2D eigenvalue weighted by Crippen LogP contribution is -2.31. The van der Waals surface area contributed by atoms with Crippen molar-refractivity contribution in [1.82, 2.24) is 19.7 Å². The Bertz CT molecular complexity index is 1190. The van der Waals surface area contributed by atoms with E-state index in [0.29, 0.717) is 5.52 Å². The SMILES string of the molecule is CC(NC(=O)Cn1c2ccccc2c2cnn(C)c(=O)c21)c1ccccc1. The number of hydrogen-bond acceptors (Lipinski definition) is 3. The molecule has 6 heteroatoms. The molecule has 0 aliphatic carbocycles. The summed E-state index contributed by atoms with van der Waals surface area (Å²) in [5.74, 6) is -0.145. The van der Waals surface area contributed by atoms with Gasteiger partial charge in [0.25, 0.3) is 5.56 Å². The van der Waals surface area contributed by atoms with E-state index in [4.69, 9.17) is 0 Å². The van der Waals surface area contributed by atoms with Crippen LogP contribution >= 0.6 is 0 Å². The highest BCUT2D eigenvalue weighted by atomic mass is 16.2. The van der Waals surface area contributed by atoms with Crippen LogP contribution < -0.4 is 10.9 Å². The molecular weight excluding hydrogens is 340 g/mol. The van der Waals surface area contributed by atoms with Crippen LogP contribution in [0.1, 0.15) is 18.5 Å². The van der Waals surface area contributed by atoms with E-state index < -0.39 is 0 Å². The minimum Gasteiger partial charge on any atom is -0.348 e. The number of fused-ring (bicyclic) bond motifs is 3. The van der Waals surface area contributed by atoms with Crippen molar-refractivity contribution in [3.05, 3.63) is 76.7 Å². The summed E-state index contributed by atoms with van der Waals surface area (Å²) >= 11 is 0. The van der Waals surface area contributed by atoms with E-state index in [-0.39, 0.29) is 24.1 Å². The van der Waals surface area contributed by atoms with E-state index >= 15 is 0 Å². The normalized spacial score (nSPS) is 12.4. The smallest absolute Gasteiger partial charge is 0.291 e. The molecule has 2 heterocycles. The Kier molecular flexibility index (Phi) is 4.24. The molecule has 1 amide bonds. The molecule has 1 unspecified atom stereocenters. The van der Waals surface area contributed by atoms with Crippen LogP contribution in [0, 0.1) is 0 Å². The monoisotopic (exact) mass is 360 g/mol. The first-order valence-corrected chi connectivity index (χ1v) is 8.84. The first kappa shape index (κ1) is 17.0. The van der Waals surface area contributed by atoms with E-state index in [0.717, 1.165) is 21.9 Å². The summed E-state index contributed by atoms with van der Waals surface area (Å²) < 4.78 is 3.07. The van der Waals surface area contributed by atoms with Crippen LogP contribution in [-0.4, -0.2) is 20.3 Å². The molecule has 0 aliphatic heterocycles. The Labute approximate surface area is 156 Å². The van der Waals surface area contributed by atoms with Crippen molar-refractivity contribution < 1.29 is 4.79 Å². The third-order valence-corrected chi connectivity index (χ3v) is 4.85. The van der Waals surface area contributed by atoms with Gasteiger partial charge in [-0.3, -0.25) is 9.59 Å². The number of nitrogens with zero attached hydrogens (tertiary/aromatic N) is 3. The van der Waals surface area contributed by atoms with Gasteiger partial charge in [0.1, 0.15) is 12.1 Å². The van der Waals surface area contributed by atoms with Crippen LogP contribution in [0.5, 0.6) is 0 Å². The van der Waals surface area contributed by atoms with Gasteiger partial charge in [-0.05, 0) is 18.6 Å². The molecule has 27 heavy (non-hydrogen) atoms. The second kappa shape index (κ2) is 6.72. The van der Waals surface area contributed by atoms with Crippen LogP contribution in [0.4, 0.5) is 0 Å². The van der Waals surface area contributed by atoms with Crippen molar-refractivity contribution in [2.75, 3.05) is 0 Å². The number of rotatable bonds is 4. The Morgan fingerprint density at radius 1 is 1.07 bits per heavy atom. The van der Waals surface area contributed by atoms with E-state index in [9.17, 15) is 9.59 Å². The maximum absolute atomic E-state index is 12.7. The predicted molar refractivity (Wildman–Crippen MR) is 105 cm³/mol. The van der Waals surface area contributed by atoms with Gasteiger partial charge in [0, 0.05) is 23.3 Å². The molecule has 4 aromatic rings. The van der Waals surface area contributed by atoms with Crippen molar-refractivity contribution in [2.45, 2.75) is 19.5 Å². The highest BCUT2D eigenvalue weighted by Gasteiger charge is 2.18. The van der Waals surface area contributed by atoms with Crippen LogP contribution in [-0.2, 0) is 18.4 Å². The van der Waals surface area contributed by atoms with E-state index in [1.54, 1.807) is 17.8 Å². The number of hydrogen-bond donors (Lipinski definition) is 1. The molecule has 0 aliphatic rings. The Hall–Kier alpha value is -3.41. The number of para-hydroxylation sites is 1. The Morgan fingerprint density at radius 3 is 2.56 bits per heavy atom. The molecule has 4 rings (SSSR count). The first-order valence-electron chi connectivity index (χ1n) is 8.84. The molecule has 0 saturated heterocycles. The van der Waals surface area contributed by atoms with Crippen molar-refractivity contribution in [1.29, 1.82) is 0 Å². The highest BCUT2D eigenvalue weighted by Crippen LogP contribution is 2.26. The second-order valence-electron chi connectivity index (χ2n) is 6.64. The summed E-state index contributed by atoms with van der Waals surface area (Å²) in [7, 11) is 1.61. The third kappa shape index (κ3) is 2.99. The molecular formula is C21H20N4O2. The van der Waals surface area contributed by atoms with Gasteiger partial charge in [0.2, 0.25) is 5.91 Å². The van der Waals surface area contributed by atoms with E-state index in [2.05, 4.69) is 10.4 Å². The standard InChI is InChI=1S/C21H20N4O2/c1-14(15-8-4-3-5-9-15)23-19(26)13-25-18-11-7-6-10-16(18)17-12-22-24(2)21(27)20(17)25/h3-12,14H,13H2,1-2H3,(H,23,26). The number of aromatic nitrogens is 3. The Morgan fingerprint density at radius 2 is 1.78 bits per heavy atom. The molecule has 0 bridgehead atoms. The zero-order chi connectivity index (χ0) is 19.0. The minimum absolute atomic E-state index is 0.0699. The summed E-state index contributed by atoms with van der Waals surface area (Å²) in [6.45, 7) is 2.02. The lowest BCUT2D eigenvalue weighted by molar-refractivity contribution is -0.122. The van der Waals surface area contributed by atoms with Crippen molar-refractivity contribution >= 4 is 27.7 Å². The van der Waals surface area contributed by atoms with Gasteiger partial charge in [-0.15, -0.1) is 0 Å². The van der Waals surface area contributed by atoms with Crippen LogP contribution in [0.25, 0.3) is 21.8 Å². The molecule has 1 N–H and O–H groups in total. The lowest BCUT2D eigenvalue weighted by atomic mass is 10.1. The summed E-state index contributed by atoms with van der Waals surface area (Å²) in [6.07, 6.45) is 1.68. The molecule has 2 aromatic carbocycles. The van der Waals surface area contributed by atoms with Gasteiger partial charge in [-0.1, -0.05) is 48.5 Å². The Balaban J connectivity index is 1.73. The van der Waals surface area contributed by atoms with Gasteiger partial charge in [-0.2, -0.15) is 5.10 Å². The maximum Gasteiger partial charge on any atom is 0.291 e. The molecule has 0 fully saturated rings. The topological polar surface area (TPSA) is 68.9 Å². The number of carbonyl (C=O) groups excluding carboxylic acids is 1. The number of nitrogens with one attached hydrogen (secondary N) is 1. The summed E-state index contributed by atoms with van der Waals surface area (Å²) in [5, 5.41) is 8.82. The van der Waals surface area contributed by atoms with Crippen molar-refractivity contribution in [3.63, 3.8) is 0 Å². The highest BCUT2D eigenvalue weighted by molar-refractivity contribution is 6.07. The molecule has 6 nitrogen and oxygen atoms in total. The predicted octanol–water partition coefficient (Wildman–Crippen LogP) is 2.77. The van der Waals surface area contributed by atoms with Crippen LogP contribution in [0.3, 0.4) is 0 Å². The molecule has 136 valence electrons. The number of aryl methyl sites for hydroxylation is 1. The summed E-state index contributed by atoms with van der Waals surface area (Å²) in [5.41, 5.74) is 2.16. The minimum atomic E-state index is -0.215. The number of carbonyl (C=O) groups is 1. The molecule has 0 spiro atoms. The average molecular weight is 360 g/mol.